The second-order valence-electron chi connectivity index (χ2n) is 3.81. The fourth-order valence-electron chi connectivity index (χ4n) is 1.87. The lowest BCUT2D eigenvalue weighted by molar-refractivity contribution is -0.148. The molecule has 2 rings (SSSR count). The van der Waals surface area contributed by atoms with Gasteiger partial charge in [0.2, 0.25) is 5.91 Å². The summed E-state index contributed by atoms with van der Waals surface area (Å²) in [5.74, 6) is -2.03. The minimum Gasteiger partial charge on any atom is -0.476 e. The predicted octanol–water partition coefficient (Wildman–Crippen LogP) is 0.539. The molecule has 0 aromatic carbocycles. The Morgan fingerprint density at radius 3 is 2.65 bits per heavy atom. The zero-order valence-corrected chi connectivity index (χ0v) is 10.1. The van der Waals surface area contributed by atoms with Crippen molar-refractivity contribution < 1.29 is 24.2 Å². The van der Waals surface area contributed by atoms with Gasteiger partial charge >= 0.3 is 11.9 Å². The number of amides is 1. The van der Waals surface area contributed by atoms with Crippen LogP contribution in [0.15, 0.2) is 11.5 Å². The van der Waals surface area contributed by atoms with Crippen LogP contribution >= 0.6 is 11.8 Å². The molecule has 7 heteroatoms. The maximum Gasteiger partial charge on any atom is 0.356 e. The van der Waals surface area contributed by atoms with E-state index in [4.69, 9.17) is 9.84 Å². The van der Waals surface area contributed by atoms with Crippen LogP contribution in [0.1, 0.15) is 20.3 Å². The molecule has 2 aliphatic heterocycles. The molecule has 1 unspecified atom stereocenters. The van der Waals surface area contributed by atoms with Crippen molar-refractivity contribution in [1.29, 1.82) is 0 Å². The van der Waals surface area contributed by atoms with E-state index in [0.29, 0.717) is 6.42 Å². The Balaban J connectivity index is 2.43. The Bertz CT molecular complexity index is 444. The quantitative estimate of drug-likeness (QED) is 0.574. The average Bonchev–Trinajstić information content (AvgIpc) is 2.20. The number of carboxylic acid groups (broad SMARTS) is 1. The second-order valence-corrected chi connectivity index (χ2v) is 5.34. The molecule has 0 radical (unpaired) electrons. The van der Waals surface area contributed by atoms with E-state index in [-0.39, 0.29) is 28.0 Å². The summed E-state index contributed by atoms with van der Waals surface area (Å²) in [6, 6.07) is 0. The molecule has 0 bridgehead atoms. The SMILES string of the molecule is CC(=O)OC1=C(C(=O)O)N2C(=O)C[C@H]2SC1C. The number of esters is 1. The highest BCUT2D eigenvalue weighted by atomic mass is 32.2. The van der Waals surface area contributed by atoms with Crippen molar-refractivity contribution in [2.75, 3.05) is 0 Å². The minimum absolute atomic E-state index is 0.0549. The Hall–Kier alpha value is -1.50. The number of nitrogens with zero attached hydrogens (tertiary/aromatic N) is 1. The van der Waals surface area contributed by atoms with Crippen LogP contribution in [0.4, 0.5) is 0 Å². The molecule has 1 saturated heterocycles. The zero-order valence-electron chi connectivity index (χ0n) is 9.30. The maximum absolute atomic E-state index is 11.4. The summed E-state index contributed by atoms with van der Waals surface area (Å²) in [6.07, 6.45) is 0.332. The maximum atomic E-state index is 11.4. The number of rotatable bonds is 2. The zero-order chi connectivity index (χ0) is 12.7. The highest BCUT2D eigenvalue weighted by Gasteiger charge is 2.48. The summed E-state index contributed by atoms with van der Waals surface area (Å²) in [4.78, 5) is 34.7. The smallest absolute Gasteiger partial charge is 0.356 e. The average molecular weight is 257 g/mol. The minimum atomic E-state index is -1.24. The molecule has 6 nitrogen and oxygen atoms in total. The number of ether oxygens (including phenoxy) is 1. The van der Waals surface area contributed by atoms with Crippen molar-refractivity contribution >= 4 is 29.6 Å². The number of aliphatic carboxylic acids is 1. The number of carbonyl (C=O) groups excluding carboxylic acids is 2. The van der Waals surface area contributed by atoms with Crippen LogP contribution in [-0.2, 0) is 19.1 Å². The van der Waals surface area contributed by atoms with Crippen LogP contribution in [0.5, 0.6) is 0 Å². The first-order valence-electron chi connectivity index (χ1n) is 5.05. The summed E-state index contributed by atoms with van der Waals surface area (Å²) in [6.45, 7) is 2.96. The van der Waals surface area contributed by atoms with Gasteiger partial charge < -0.3 is 9.84 Å². The fraction of sp³-hybridized carbons (Fsp3) is 0.500. The van der Waals surface area contributed by atoms with E-state index in [1.54, 1.807) is 6.92 Å². The lowest BCUT2D eigenvalue weighted by atomic mass is 10.1. The van der Waals surface area contributed by atoms with Crippen molar-refractivity contribution in [3.8, 4) is 0 Å². The molecule has 0 spiro atoms. The number of carboxylic acids is 1. The summed E-state index contributed by atoms with van der Waals surface area (Å²) in [5, 5.41) is 8.73. The summed E-state index contributed by atoms with van der Waals surface area (Å²) in [5.41, 5.74) is -0.201. The highest BCUT2D eigenvalue weighted by Crippen LogP contribution is 2.44. The molecule has 92 valence electrons. The van der Waals surface area contributed by atoms with Gasteiger partial charge in [0.1, 0.15) is 0 Å². The second kappa shape index (κ2) is 4.06. The van der Waals surface area contributed by atoms with E-state index in [0.717, 1.165) is 0 Å². The predicted molar refractivity (Wildman–Crippen MR) is 58.7 cm³/mol. The van der Waals surface area contributed by atoms with Crippen LogP contribution in [0.25, 0.3) is 0 Å². The Morgan fingerprint density at radius 2 is 2.18 bits per heavy atom. The summed E-state index contributed by atoms with van der Waals surface area (Å²) in [7, 11) is 0. The third-order valence-corrected chi connectivity index (χ3v) is 3.88. The normalized spacial score (nSPS) is 27.4. The molecule has 2 aliphatic rings. The van der Waals surface area contributed by atoms with Crippen LogP contribution in [0, 0.1) is 0 Å². The standard InChI is InChI=1S/C10H11NO5S/c1-4-9(16-5(2)12)8(10(14)15)11-6(13)3-7(11)17-4/h4,7H,3H2,1-2H3,(H,14,15)/t4?,7-/m1/s1. The topological polar surface area (TPSA) is 83.9 Å². The lowest BCUT2D eigenvalue weighted by Gasteiger charge is -2.45. The first-order chi connectivity index (χ1) is 7.91. The van der Waals surface area contributed by atoms with Gasteiger partial charge in [-0.25, -0.2) is 4.79 Å². The van der Waals surface area contributed by atoms with Gasteiger partial charge in [0.15, 0.2) is 11.5 Å². The monoisotopic (exact) mass is 257 g/mol. The third kappa shape index (κ3) is 1.90. The van der Waals surface area contributed by atoms with Gasteiger partial charge in [0.05, 0.1) is 17.0 Å². The molecule has 1 N–H and O–H groups in total. The highest BCUT2D eigenvalue weighted by molar-refractivity contribution is 8.00. The molecule has 2 heterocycles. The molecule has 0 saturated carbocycles. The first-order valence-corrected chi connectivity index (χ1v) is 5.99. The van der Waals surface area contributed by atoms with Crippen molar-refractivity contribution in [2.45, 2.75) is 30.9 Å². The van der Waals surface area contributed by atoms with E-state index in [2.05, 4.69) is 0 Å². The van der Waals surface area contributed by atoms with Gasteiger partial charge in [0, 0.05) is 6.92 Å². The Morgan fingerprint density at radius 1 is 1.53 bits per heavy atom. The number of β-lactam (4-membered cyclic amide) rings is 1. The van der Waals surface area contributed by atoms with Gasteiger partial charge in [0.25, 0.3) is 0 Å². The van der Waals surface area contributed by atoms with E-state index < -0.39 is 11.9 Å². The van der Waals surface area contributed by atoms with Crippen LogP contribution in [0.3, 0.4) is 0 Å². The number of carbonyl (C=O) groups is 3. The largest absolute Gasteiger partial charge is 0.476 e. The summed E-state index contributed by atoms with van der Waals surface area (Å²) < 4.78 is 4.92. The Kier molecular flexibility index (Phi) is 2.86. The van der Waals surface area contributed by atoms with E-state index in [1.165, 1.54) is 23.6 Å². The number of fused-ring (bicyclic) bond motifs is 1. The molecule has 1 amide bonds. The molecular weight excluding hydrogens is 246 g/mol. The van der Waals surface area contributed by atoms with Gasteiger partial charge in [-0.05, 0) is 6.92 Å². The molecule has 17 heavy (non-hydrogen) atoms. The van der Waals surface area contributed by atoms with Gasteiger partial charge in [-0.1, -0.05) is 0 Å². The van der Waals surface area contributed by atoms with Gasteiger partial charge in [-0.2, -0.15) is 0 Å². The van der Waals surface area contributed by atoms with Crippen molar-refractivity contribution in [2.24, 2.45) is 0 Å². The Labute approximate surface area is 102 Å². The molecule has 0 aromatic rings. The van der Waals surface area contributed by atoms with Gasteiger partial charge in [-0.3, -0.25) is 14.5 Å². The van der Waals surface area contributed by atoms with Crippen molar-refractivity contribution in [3.05, 3.63) is 11.5 Å². The number of hydrogen-bond acceptors (Lipinski definition) is 5. The number of hydrogen-bond donors (Lipinski definition) is 1. The van der Waals surface area contributed by atoms with E-state index in [9.17, 15) is 14.4 Å². The lowest BCUT2D eigenvalue weighted by Crippen LogP contribution is -2.55. The molecule has 0 aromatic heterocycles. The molecular formula is C10H11NO5S. The van der Waals surface area contributed by atoms with Crippen LogP contribution in [-0.4, -0.2) is 38.5 Å². The summed E-state index contributed by atoms with van der Waals surface area (Å²) >= 11 is 1.42. The van der Waals surface area contributed by atoms with Gasteiger partial charge in [-0.15, -0.1) is 11.8 Å². The third-order valence-electron chi connectivity index (χ3n) is 2.57. The van der Waals surface area contributed by atoms with Crippen LogP contribution in [0.2, 0.25) is 0 Å². The van der Waals surface area contributed by atoms with E-state index >= 15 is 0 Å². The molecule has 0 aliphatic carbocycles. The van der Waals surface area contributed by atoms with Crippen molar-refractivity contribution in [1.82, 2.24) is 4.90 Å². The van der Waals surface area contributed by atoms with Crippen molar-refractivity contribution in [3.63, 3.8) is 0 Å². The molecule has 1 fully saturated rings. The molecule has 2 atom stereocenters. The number of thioether (sulfide) groups is 1. The van der Waals surface area contributed by atoms with E-state index in [1.807, 2.05) is 0 Å². The fourth-order valence-corrected chi connectivity index (χ4v) is 3.21. The van der Waals surface area contributed by atoms with Crippen LogP contribution < -0.4 is 0 Å². The first kappa shape index (κ1) is 12.0.